The van der Waals surface area contributed by atoms with E-state index in [0.29, 0.717) is 0 Å². The molecule has 1 aliphatic heterocycles. The predicted molar refractivity (Wildman–Crippen MR) is 317 cm³/mol. The Morgan fingerprint density at radius 2 is 0.803 bits per heavy atom. The lowest BCUT2D eigenvalue weighted by molar-refractivity contribution is 0.748. The van der Waals surface area contributed by atoms with E-state index in [-0.39, 0.29) is 0 Å². The average molecular weight is 966 g/mol. The van der Waals surface area contributed by atoms with E-state index in [4.69, 9.17) is 0 Å². The molecule has 0 saturated heterocycles. The van der Waals surface area contributed by atoms with E-state index >= 15 is 0 Å². The number of aromatic nitrogens is 2. The summed E-state index contributed by atoms with van der Waals surface area (Å²) >= 11 is 0. The van der Waals surface area contributed by atoms with Gasteiger partial charge in [-0.15, -0.1) is 0 Å². The van der Waals surface area contributed by atoms with Gasteiger partial charge in [0.1, 0.15) is 0 Å². The van der Waals surface area contributed by atoms with Crippen molar-refractivity contribution >= 4 is 60.7 Å². The van der Waals surface area contributed by atoms with Gasteiger partial charge < -0.3 is 14.0 Å². The Kier molecular flexibility index (Phi) is 9.25. The van der Waals surface area contributed by atoms with Gasteiger partial charge in [-0.25, -0.2) is 0 Å². The maximum atomic E-state index is 2.55. The minimum atomic E-state index is -0.598. The van der Waals surface area contributed by atoms with Crippen molar-refractivity contribution in [1.29, 1.82) is 0 Å². The van der Waals surface area contributed by atoms with E-state index in [1.165, 1.54) is 105 Å². The lowest BCUT2D eigenvalue weighted by Gasteiger charge is -2.40. The smallest absolute Gasteiger partial charge is 0.0755 e. The Balaban J connectivity index is 0.939. The van der Waals surface area contributed by atoms with Gasteiger partial charge in [0, 0.05) is 44.2 Å². The Bertz CT molecular complexity index is 4590. The first-order valence-corrected chi connectivity index (χ1v) is 26.3. The van der Waals surface area contributed by atoms with Crippen molar-refractivity contribution in [3.05, 3.63) is 307 Å². The van der Waals surface area contributed by atoms with E-state index in [1.54, 1.807) is 0 Å². The van der Waals surface area contributed by atoms with E-state index in [2.05, 4.69) is 299 Å². The number of fused-ring (bicyclic) bond motifs is 15. The summed E-state index contributed by atoms with van der Waals surface area (Å²) in [5, 5.41) is 5.02. The zero-order valence-electron chi connectivity index (χ0n) is 41.5. The molecule has 0 amide bonds. The van der Waals surface area contributed by atoms with Crippen LogP contribution in [0.2, 0.25) is 0 Å². The minimum absolute atomic E-state index is 0.598. The fraction of sp³-hybridized carbons (Fsp3) is 0.0137. The third kappa shape index (κ3) is 5.99. The van der Waals surface area contributed by atoms with Crippen molar-refractivity contribution in [1.82, 2.24) is 9.13 Å². The van der Waals surface area contributed by atoms with Crippen LogP contribution in [0.4, 0.5) is 17.1 Å². The maximum absolute atomic E-state index is 2.55. The molecule has 0 N–H and O–H groups in total. The number of rotatable bonds is 7. The molecule has 0 radical (unpaired) electrons. The molecule has 2 aromatic heterocycles. The van der Waals surface area contributed by atoms with Gasteiger partial charge in [-0.3, -0.25) is 0 Å². The summed E-state index contributed by atoms with van der Waals surface area (Å²) in [5.41, 5.74) is 24.7. The number of para-hydroxylation sites is 5. The molecule has 12 aromatic carbocycles. The molecule has 2 aliphatic rings. The second kappa shape index (κ2) is 16.5. The molecule has 16 rings (SSSR count). The summed E-state index contributed by atoms with van der Waals surface area (Å²) in [6.07, 6.45) is 0. The highest BCUT2D eigenvalue weighted by atomic mass is 15.1. The zero-order valence-corrected chi connectivity index (χ0v) is 41.5. The molecule has 0 fully saturated rings. The second-order valence-electron chi connectivity index (χ2n) is 20.3. The first kappa shape index (κ1) is 42.5. The Hall–Kier alpha value is -9.96. The largest absolute Gasteiger partial charge is 0.310 e. The highest BCUT2D eigenvalue weighted by Crippen LogP contribution is 2.62. The molecule has 0 unspecified atom stereocenters. The number of hydrogen-bond acceptors (Lipinski definition) is 1. The summed E-state index contributed by atoms with van der Waals surface area (Å²) in [7, 11) is 0. The number of benzene rings is 12. The normalized spacial score (nSPS) is 12.8. The molecule has 14 aromatic rings. The quantitative estimate of drug-likeness (QED) is 0.155. The standard InChI is InChI=1S/C73H47N3/c1-3-20-49(21-4-1)54-24-7-8-25-55(54)58-28-11-16-35-67(58)74(52-41-38-48(39-42-52)50-40-44-70-62(46-50)60-30-13-17-36-68(60)75(70)51-22-5-2-6-23-51)53-43-45-71-66(47-53)73(63-32-14-9-26-56(63)57-27-10-15-33-64(57)73)65-34-19-31-61-59-29-12-18-37-69(59)76(71)72(61)65/h1-47H. The Morgan fingerprint density at radius 1 is 0.276 bits per heavy atom. The van der Waals surface area contributed by atoms with Crippen LogP contribution in [0.3, 0.4) is 0 Å². The predicted octanol–water partition coefficient (Wildman–Crippen LogP) is 19.0. The SMILES string of the molecule is c1ccc(-c2ccccc2-c2ccccc2N(c2ccc(-c3ccc4c(c3)c3ccccc3n4-c3ccccc3)cc2)c2ccc3c(c2)C2(c4ccccc4-c4ccccc42)c2cccc4c5ccccc5n-3c24)cc1. The van der Waals surface area contributed by atoms with Crippen LogP contribution in [0.5, 0.6) is 0 Å². The Labute approximate surface area is 441 Å². The summed E-state index contributed by atoms with van der Waals surface area (Å²) in [5.74, 6) is 0. The van der Waals surface area contributed by atoms with Crippen LogP contribution in [0.15, 0.2) is 285 Å². The van der Waals surface area contributed by atoms with Gasteiger partial charge in [-0.05, 0) is 134 Å². The molecular formula is C73H47N3. The van der Waals surface area contributed by atoms with Crippen LogP contribution in [-0.2, 0) is 5.41 Å². The minimum Gasteiger partial charge on any atom is -0.310 e. The number of nitrogens with zero attached hydrogens (tertiary/aromatic N) is 3. The molecule has 3 heteroatoms. The summed E-state index contributed by atoms with van der Waals surface area (Å²) in [6, 6.07) is 106. The summed E-state index contributed by atoms with van der Waals surface area (Å²) in [6.45, 7) is 0. The van der Waals surface area contributed by atoms with Gasteiger partial charge >= 0.3 is 0 Å². The number of hydrogen-bond donors (Lipinski definition) is 0. The second-order valence-corrected chi connectivity index (χ2v) is 20.3. The van der Waals surface area contributed by atoms with Crippen molar-refractivity contribution in [2.75, 3.05) is 4.90 Å². The molecular weight excluding hydrogens is 919 g/mol. The first-order chi connectivity index (χ1) is 37.7. The molecule has 354 valence electrons. The monoisotopic (exact) mass is 965 g/mol. The van der Waals surface area contributed by atoms with Crippen LogP contribution in [0.1, 0.15) is 22.3 Å². The van der Waals surface area contributed by atoms with Gasteiger partial charge in [0.15, 0.2) is 0 Å². The van der Waals surface area contributed by atoms with Crippen molar-refractivity contribution < 1.29 is 0 Å². The van der Waals surface area contributed by atoms with Crippen molar-refractivity contribution in [2.45, 2.75) is 5.41 Å². The lowest BCUT2D eigenvalue weighted by atomic mass is 9.65. The fourth-order valence-corrected chi connectivity index (χ4v) is 13.4. The van der Waals surface area contributed by atoms with Crippen LogP contribution < -0.4 is 4.90 Å². The highest BCUT2D eigenvalue weighted by Gasteiger charge is 2.51. The molecule has 3 nitrogen and oxygen atoms in total. The van der Waals surface area contributed by atoms with Gasteiger partial charge in [0.2, 0.25) is 0 Å². The van der Waals surface area contributed by atoms with Crippen LogP contribution >= 0.6 is 0 Å². The maximum Gasteiger partial charge on any atom is 0.0755 e. The highest BCUT2D eigenvalue weighted by molar-refractivity contribution is 6.13. The van der Waals surface area contributed by atoms with Gasteiger partial charge in [0.05, 0.1) is 38.9 Å². The van der Waals surface area contributed by atoms with Crippen molar-refractivity contribution in [3.63, 3.8) is 0 Å². The van der Waals surface area contributed by atoms with Gasteiger partial charge in [-0.2, -0.15) is 0 Å². The van der Waals surface area contributed by atoms with Gasteiger partial charge in [0.25, 0.3) is 0 Å². The summed E-state index contributed by atoms with van der Waals surface area (Å²) < 4.78 is 4.93. The zero-order chi connectivity index (χ0) is 49.9. The lowest BCUT2D eigenvalue weighted by Crippen LogP contribution is -2.33. The van der Waals surface area contributed by atoms with E-state index in [1.807, 2.05) is 0 Å². The van der Waals surface area contributed by atoms with Crippen LogP contribution in [0, 0.1) is 0 Å². The average Bonchev–Trinajstić information content (AvgIpc) is 4.30. The van der Waals surface area contributed by atoms with Gasteiger partial charge in [-0.1, -0.05) is 212 Å². The summed E-state index contributed by atoms with van der Waals surface area (Å²) in [4.78, 5) is 2.50. The number of anilines is 3. The molecule has 0 saturated carbocycles. The van der Waals surface area contributed by atoms with E-state index < -0.39 is 5.41 Å². The molecule has 0 bridgehead atoms. The van der Waals surface area contributed by atoms with Crippen LogP contribution in [0.25, 0.3) is 99.5 Å². The molecule has 3 heterocycles. The van der Waals surface area contributed by atoms with Crippen LogP contribution in [-0.4, -0.2) is 9.13 Å². The topological polar surface area (TPSA) is 13.1 Å². The Morgan fingerprint density at radius 3 is 1.54 bits per heavy atom. The fourth-order valence-electron chi connectivity index (χ4n) is 13.4. The molecule has 76 heavy (non-hydrogen) atoms. The van der Waals surface area contributed by atoms with Crippen molar-refractivity contribution in [3.8, 4) is 55.9 Å². The van der Waals surface area contributed by atoms with E-state index in [0.717, 1.165) is 33.9 Å². The molecule has 1 spiro atoms. The first-order valence-electron chi connectivity index (χ1n) is 26.3. The third-order valence-electron chi connectivity index (χ3n) is 16.5. The molecule has 1 aliphatic carbocycles. The third-order valence-corrected chi connectivity index (χ3v) is 16.5. The molecule has 0 atom stereocenters. The van der Waals surface area contributed by atoms with Crippen molar-refractivity contribution in [2.24, 2.45) is 0 Å². The van der Waals surface area contributed by atoms with E-state index in [9.17, 15) is 0 Å².